The number of hydroxylamine groups is 1. The first kappa shape index (κ1) is 18.0. The average molecular weight is 355 g/mol. The topological polar surface area (TPSA) is 125 Å². The number of rotatable bonds is 5. The molecule has 9 nitrogen and oxygen atoms in total. The van der Waals surface area contributed by atoms with Gasteiger partial charge in [-0.05, 0) is 12.1 Å². The van der Waals surface area contributed by atoms with Crippen molar-refractivity contribution in [3.8, 4) is 0 Å². The van der Waals surface area contributed by atoms with Crippen molar-refractivity contribution in [1.82, 2.24) is 10.5 Å². The molecule has 2 rings (SSSR count). The molecule has 1 aromatic rings. The second kappa shape index (κ2) is 6.30. The van der Waals surface area contributed by atoms with Crippen molar-refractivity contribution < 1.29 is 28.0 Å². The summed E-state index contributed by atoms with van der Waals surface area (Å²) in [7, 11) is -0.839. The van der Waals surface area contributed by atoms with Crippen LogP contribution in [0.3, 0.4) is 0 Å². The Morgan fingerprint density at radius 1 is 1.38 bits per heavy atom. The van der Waals surface area contributed by atoms with Crippen LogP contribution in [0.2, 0.25) is 0 Å². The molecule has 1 aliphatic rings. The Balaban J connectivity index is 2.51. The second-order valence-electron chi connectivity index (χ2n) is 5.34. The van der Waals surface area contributed by atoms with Crippen LogP contribution in [0.25, 0.3) is 0 Å². The fraction of sp³-hybridized carbons (Fsp3) is 0.357. The van der Waals surface area contributed by atoms with Gasteiger partial charge in [-0.1, -0.05) is 12.1 Å². The third kappa shape index (κ3) is 3.03. The van der Waals surface area contributed by atoms with E-state index in [-0.39, 0.29) is 10.6 Å². The molecule has 1 amide bonds. The van der Waals surface area contributed by atoms with Gasteiger partial charge in [-0.2, -0.15) is 10.6 Å². The van der Waals surface area contributed by atoms with Gasteiger partial charge in [-0.3, -0.25) is 9.59 Å². The summed E-state index contributed by atoms with van der Waals surface area (Å²) >= 11 is 0. The number of esters is 1. The average Bonchev–Trinajstić information content (AvgIpc) is 2.79. The van der Waals surface area contributed by atoms with E-state index in [1.54, 1.807) is 0 Å². The van der Waals surface area contributed by atoms with E-state index in [0.29, 0.717) is 5.56 Å². The van der Waals surface area contributed by atoms with Crippen LogP contribution >= 0.6 is 0 Å². The lowest BCUT2D eigenvalue weighted by atomic mass is 9.86. The number of ether oxygens (including phenoxy) is 1. The first-order valence-electron chi connectivity index (χ1n) is 6.81. The highest BCUT2D eigenvalue weighted by Gasteiger charge is 2.52. The minimum absolute atomic E-state index is 0.0861. The third-order valence-corrected chi connectivity index (χ3v) is 4.83. The summed E-state index contributed by atoms with van der Waals surface area (Å²) < 4.78 is 27.6. The molecule has 1 atom stereocenters. The van der Waals surface area contributed by atoms with E-state index in [1.165, 1.54) is 31.3 Å². The van der Waals surface area contributed by atoms with Crippen molar-refractivity contribution in [2.45, 2.75) is 16.9 Å². The highest BCUT2D eigenvalue weighted by molar-refractivity contribution is 7.90. The molecule has 0 saturated heterocycles. The van der Waals surface area contributed by atoms with Crippen LogP contribution in [-0.4, -0.2) is 62.2 Å². The molecule has 24 heavy (non-hydrogen) atoms. The van der Waals surface area contributed by atoms with Crippen molar-refractivity contribution in [3.63, 3.8) is 0 Å². The number of carbonyl (C=O) groups excluding carboxylic acids is 2. The molecule has 0 aromatic heterocycles. The van der Waals surface area contributed by atoms with Gasteiger partial charge in [0.2, 0.25) is 0 Å². The number of nitrogens with zero attached hydrogens (tertiary/aromatic N) is 2. The van der Waals surface area contributed by atoms with E-state index in [0.717, 1.165) is 18.4 Å². The number of hydrazone groups is 1. The lowest BCUT2D eigenvalue weighted by molar-refractivity contribution is -0.148. The molecule has 0 saturated carbocycles. The number of nitrogens with one attached hydrogen (secondary N) is 1. The van der Waals surface area contributed by atoms with E-state index >= 15 is 0 Å². The SMILES string of the molecule is COC(=O)CC1(NO)C(=O)N(C)N=C1c1ccc(S(C)(=O)=O)cc1. The summed E-state index contributed by atoms with van der Waals surface area (Å²) in [5, 5.41) is 14.6. The quantitative estimate of drug-likeness (QED) is 0.541. The first-order valence-corrected chi connectivity index (χ1v) is 8.70. The minimum Gasteiger partial charge on any atom is -0.469 e. The summed E-state index contributed by atoms with van der Waals surface area (Å²) in [5.74, 6) is -1.36. The van der Waals surface area contributed by atoms with E-state index < -0.39 is 33.7 Å². The molecule has 2 N–H and O–H groups in total. The largest absolute Gasteiger partial charge is 0.469 e. The van der Waals surface area contributed by atoms with Crippen LogP contribution in [0.5, 0.6) is 0 Å². The zero-order valence-corrected chi connectivity index (χ0v) is 14.1. The maximum Gasteiger partial charge on any atom is 0.308 e. The molecule has 1 aromatic carbocycles. The maximum atomic E-state index is 12.4. The van der Waals surface area contributed by atoms with Gasteiger partial charge in [0.05, 0.1) is 18.4 Å². The lowest BCUT2D eigenvalue weighted by Crippen LogP contribution is -2.57. The number of amides is 1. The summed E-state index contributed by atoms with van der Waals surface area (Å²) in [6.45, 7) is 0. The summed E-state index contributed by atoms with van der Waals surface area (Å²) in [6, 6.07) is 5.61. The molecule has 0 spiro atoms. The predicted octanol–water partition coefficient (Wildman–Crippen LogP) is -0.453. The molecule has 1 aliphatic heterocycles. The fourth-order valence-electron chi connectivity index (χ4n) is 2.41. The Kier molecular flexibility index (Phi) is 4.74. The van der Waals surface area contributed by atoms with E-state index in [4.69, 9.17) is 0 Å². The number of hydrogen-bond acceptors (Lipinski definition) is 8. The van der Waals surface area contributed by atoms with E-state index in [9.17, 15) is 23.2 Å². The Hall–Kier alpha value is -2.30. The van der Waals surface area contributed by atoms with Crippen LogP contribution in [0, 0.1) is 0 Å². The van der Waals surface area contributed by atoms with Crippen LogP contribution in [0.1, 0.15) is 12.0 Å². The highest BCUT2D eigenvalue weighted by atomic mass is 32.2. The Bertz CT molecular complexity index is 802. The van der Waals surface area contributed by atoms with E-state index in [1.807, 2.05) is 5.48 Å². The van der Waals surface area contributed by atoms with Crippen LogP contribution in [0.4, 0.5) is 0 Å². The molecular formula is C14H17N3O6S. The van der Waals surface area contributed by atoms with E-state index in [2.05, 4.69) is 9.84 Å². The summed E-state index contributed by atoms with van der Waals surface area (Å²) in [5.41, 5.74) is 0.544. The fourth-order valence-corrected chi connectivity index (χ4v) is 3.04. The number of likely N-dealkylation sites (N-methyl/N-ethyl adjacent to an activating group) is 1. The number of carbonyl (C=O) groups is 2. The van der Waals surface area contributed by atoms with Crippen LogP contribution < -0.4 is 5.48 Å². The van der Waals surface area contributed by atoms with Crippen molar-refractivity contribution in [3.05, 3.63) is 29.8 Å². The molecular weight excluding hydrogens is 338 g/mol. The third-order valence-electron chi connectivity index (χ3n) is 3.70. The smallest absolute Gasteiger partial charge is 0.308 e. The Morgan fingerprint density at radius 3 is 2.42 bits per heavy atom. The van der Waals surface area contributed by atoms with Crippen molar-refractivity contribution in [2.75, 3.05) is 20.4 Å². The summed E-state index contributed by atoms with van der Waals surface area (Å²) in [6.07, 6.45) is 0.596. The molecule has 0 fully saturated rings. The normalized spacial score (nSPS) is 20.9. The molecule has 10 heteroatoms. The van der Waals surface area contributed by atoms with Gasteiger partial charge >= 0.3 is 5.97 Å². The zero-order chi connectivity index (χ0) is 18.1. The maximum absolute atomic E-state index is 12.4. The Labute approximate surface area is 138 Å². The predicted molar refractivity (Wildman–Crippen MR) is 83.1 cm³/mol. The monoisotopic (exact) mass is 355 g/mol. The number of sulfone groups is 1. The number of benzene rings is 1. The standard InChI is InChI=1S/C14H17N3O6S/c1-17-13(19)14(16-20,8-11(18)23-2)12(15-17)9-4-6-10(7-5-9)24(3,21)22/h4-7,16,20H,8H2,1-3H3. The molecule has 1 heterocycles. The van der Waals surface area contributed by atoms with Crippen molar-refractivity contribution in [1.29, 1.82) is 0 Å². The highest BCUT2D eigenvalue weighted by Crippen LogP contribution is 2.28. The van der Waals surface area contributed by atoms with Crippen molar-refractivity contribution in [2.24, 2.45) is 5.10 Å². The second-order valence-corrected chi connectivity index (χ2v) is 7.36. The number of methoxy groups -OCH3 is 1. The van der Waals surface area contributed by atoms with Gasteiger partial charge < -0.3 is 9.94 Å². The lowest BCUT2D eigenvalue weighted by Gasteiger charge is -2.25. The first-order chi connectivity index (χ1) is 11.2. The molecule has 1 unspecified atom stereocenters. The van der Waals surface area contributed by atoms with Crippen LogP contribution in [0.15, 0.2) is 34.3 Å². The van der Waals surface area contributed by atoms with Crippen molar-refractivity contribution >= 4 is 27.4 Å². The van der Waals surface area contributed by atoms with Gasteiger partial charge in [-0.15, -0.1) is 0 Å². The number of hydrogen-bond donors (Lipinski definition) is 2. The molecule has 0 bridgehead atoms. The van der Waals surface area contributed by atoms with Gasteiger partial charge in [0.25, 0.3) is 5.91 Å². The zero-order valence-electron chi connectivity index (χ0n) is 13.3. The van der Waals surface area contributed by atoms with Gasteiger partial charge in [0.15, 0.2) is 15.4 Å². The molecule has 0 aliphatic carbocycles. The van der Waals surface area contributed by atoms with Gasteiger partial charge in [-0.25, -0.2) is 13.4 Å². The van der Waals surface area contributed by atoms with Gasteiger partial charge in [0.1, 0.15) is 5.71 Å². The van der Waals surface area contributed by atoms with Crippen LogP contribution in [-0.2, 0) is 24.2 Å². The molecule has 0 radical (unpaired) electrons. The minimum atomic E-state index is -3.38. The molecule has 130 valence electrons. The summed E-state index contributed by atoms with van der Waals surface area (Å²) in [4.78, 5) is 24.2. The Morgan fingerprint density at radius 2 is 1.96 bits per heavy atom. The van der Waals surface area contributed by atoms with Gasteiger partial charge in [0, 0.05) is 18.9 Å².